The predicted molar refractivity (Wildman–Crippen MR) is 184 cm³/mol. The molecule has 8 aromatic carbocycles. The van der Waals surface area contributed by atoms with Gasteiger partial charge < -0.3 is 4.90 Å². The fourth-order valence-corrected chi connectivity index (χ4v) is 6.99. The largest absolute Gasteiger partial charge is 0.310 e. The summed E-state index contributed by atoms with van der Waals surface area (Å²) in [4.78, 5) is 2.43. The van der Waals surface area contributed by atoms with Crippen molar-refractivity contribution in [3.63, 3.8) is 0 Å². The third-order valence-electron chi connectivity index (χ3n) is 8.99. The fraction of sp³-hybridized carbons (Fsp3) is 0. The zero-order valence-corrected chi connectivity index (χ0v) is 23.5. The first-order chi connectivity index (χ1) is 21.3. The molecule has 0 aliphatic heterocycles. The molecule has 0 radical (unpaired) electrons. The lowest BCUT2D eigenvalue weighted by Gasteiger charge is -2.28. The monoisotopic (exact) mass is 545 g/mol. The van der Waals surface area contributed by atoms with Crippen molar-refractivity contribution in [1.29, 1.82) is 0 Å². The smallest absolute Gasteiger partial charge is 0.0540 e. The molecule has 0 saturated carbocycles. The first-order valence-electron chi connectivity index (χ1n) is 14.9. The summed E-state index contributed by atoms with van der Waals surface area (Å²) in [6.07, 6.45) is 0. The van der Waals surface area contributed by atoms with Crippen LogP contribution < -0.4 is 4.90 Å². The second-order valence-electron chi connectivity index (χ2n) is 11.3. The van der Waals surface area contributed by atoms with Crippen molar-refractivity contribution < 1.29 is 0 Å². The average molecular weight is 546 g/mol. The molecule has 1 heteroatoms. The first kappa shape index (κ1) is 24.0. The minimum absolute atomic E-state index is 1.14. The van der Waals surface area contributed by atoms with Crippen molar-refractivity contribution in [2.45, 2.75) is 0 Å². The molecule has 1 aliphatic carbocycles. The van der Waals surface area contributed by atoms with Crippen LogP contribution in [0, 0.1) is 0 Å². The van der Waals surface area contributed by atoms with Gasteiger partial charge in [0.25, 0.3) is 0 Å². The van der Waals surface area contributed by atoms with Crippen molar-refractivity contribution >= 4 is 49.4 Å². The maximum absolute atomic E-state index is 2.43. The third-order valence-corrected chi connectivity index (χ3v) is 8.99. The van der Waals surface area contributed by atoms with Crippen molar-refractivity contribution in [2.75, 3.05) is 4.90 Å². The van der Waals surface area contributed by atoms with Crippen LogP contribution in [-0.4, -0.2) is 0 Å². The van der Waals surface area contributed by atoms with Crippen molar-refractivity contribution in [3.8, 4) is 33.4 Å². The zero-order chi connectivity index (χ0) is 28.3. The topological polar surface area (TPSA) is 3.24 Å². The van der Waals surface area contributed by atoms with E-state index in [1.54, 1.807) is 0 Å². The number of fused-ring (bicyclic) bond motifs is 6. The van der Waals surface area contributed by atoms with Gasteiger partial charge in [0.1, 0.15) is 0 Å². The standard InChI is InChI=1S/C42H27N/c1-2-9-28(10-3-1)29-19-21-32(22-20-29)43(33-23-24-35-31(27-33)18-17-30-11-4-5-12-34(30)35)41-26-25-39-37-14-7-6-13-36(37)38-15-8-16-40(41)42(38)39/h1-27H. The van der Waals surface area contributed by atoms with Crippen molar-refractivity contribution in [1.82, 2.24) is 0 Å². The van der Waals surface area contributed by atoms with E-state index in [2.05, 4.69) is 169 Å². The summed E-state index contributed by atoms with van der Waals surface area (Å²) in [5.74, 6) is 0. The van der Waals surface area contributed by atoms with E-state index >= 15 is 0 Å². The molecular weight excluding hydrogens is 518 g/mol. The molecular formula is C42H27N. The normalized spacial score (nSPS) is 11.7. The number of hydrogen-bond acceptors (Lipinski definition) is 1. The minimum Gasteiger partial charge on any atom is -0.310 e. The molecule has 1 aliphatic rings. The highest BCUT2D eigenvalue weighted by atomic mass is 15.1. The van der Waals surface area contributed by atoms with Crippen LogP contribution >= 0.6 is 0 Å². The number of benzene rings is 8. The van der Waals surface area contributed by atoms with Gasteiger partial charge in [-0.25, -0.2) is 0 Å². The fourth-order valence-electron chi connectivity index (χ4n) is 6.99. The highest BCUT2D eigenvalue weighted by Gasteiger charge is 2.24. The van der Waals surface area contributed by atoms with Gasteiger partial charge in [-0.3, -0.25) is 0 Å². The Bertz CT molecular complexity index is 2300. The van der Waals surface area contributed by atoms with Crippen LogP contribution in [0.5, 0.6) is 0 Å². The number of nitrogens with zero attached hydrogens (tertiary/aromatic N) is 1. The van der Waals surface area contributed by atoms with Crippen LogP contribution in [0.4, 0.5) is 17.1 Å². The third kappa shape index (κ3) is 3.72. The van der Waals surface area contributed by atoms with E-state index in [4.69, 9.17) is 0 Å². The maximum Gasteiger partial charge on any atom is 0.0540 e. The van der Waals surface area contributed by atoms with Crippen LogP contribution in [0.1, 0.15) is 0 Å². The molecule has 0 saturated heterocycles. The number of hydrogen-bond donors (Lipinski definition) is 0. The van der Waals surface area contributed by atoms with Crippen LogP contribution in [-0.2, 0) is 0 Å². The summed E-state index contributed by atoms with van der Waals surface area (Å²) in [5.41, 5.74) is 11.2. The van der Waals surface area contributed by atoms with Crippen molar-refractivity contribution in [3.05, 3.63) is 164 Å². The van der Waals surface area contributed by atoms with Gasteiger partial charge in [-0.05, 0) is 90.6 Å². The molecule has 0 bridgehead atoms. The summed E-state index contributed by atoms with van der Waals surface area (Å²) in [5, 5.41) is 7.66. The Labute approximate surface area is 250 Å². The molecule has 8 aromatic rings. The minimum atomic E-state index is 1.14. The first-order valence-corrected chi connectivity index (χ1v) is 14.9. The molecule has 0 atom stereocenters. The molecule has 0 unspecified atom stereocenters. The highest BCUT2D eigenvalue weighted by Crippen LogP contribution is 2.51. The number of anilines is 3. The van der Waals surface area contributed by atoms with E-state index < -0.39 is 0 Å². The molecule has 1 nitrogen and oxygen atoms in total. The second kappa shape index (κ2) is 9.44. The molecule has 0 aromatic heterocycles. The molecule has 43 heavy (non-hydrogen) atoms. The Morgan fingerprint density at radius 1 is 0.326 bits per heavy atom. The van der Waals surface area contributed by atoms with Gasteiger partial charge in [-0.1, -0.05) is 133 Å². The Balaban J connectivity index is 1.27. The van der Waals surface area contributed by atoms with E-state index in [0.29, 0.717) is 0 Å². The summed E-state index contributed by atoms with van der Waals surface area (Å²) in [7, 11) is 0. The van der Waals surface area contributed by atoms with Gasteiger partial charge in [0.15, 0.2) is 0 Å². The Hall–Kier alpha value is -5.66. The Morgan fingerprint density at radius 3 is 1.77 bits per heavy atom. The van der Waals surface area contributed by atoms with E-state index in [0.717, 1.165) is 11.4 Å². The van der Waals surface area contributed by atoms with E-state index in [1.807, 2.05) is 0 Å². The van der Waals surface area contributed by atoms with Gasteiger partial charge >= 0.3 is 0 Å². The SMILES string of the molecule is c1ccc(-c2ccc(N(c3ccc4c(ccc5ccccc54)c3)c3ccc4c5c(cccc35)-c3ccccc3-4)cc2)cc1. The van der Waals surface area contributed by atoms with E-state index in [-0.39, 0.29) is 0 Å². The molecule has 0 spiro atoms. The van der Waals surface area contributed by atoms with Crippen LogP contribution in [0.3, 0.4) is 0 Å². The molecule has 9 rings (SSSR count). The van der Waals surface area contributed by atoms with Crippen LogP contribution in [0.15, 0.2) is 164 Å². The van der Waals surface area contributed by atoms with Gasteiger partial charge in [-0.15, -0.1) is 0 Å². The van der Waals surface area contributed by atoms with Gasteiger partial charge in [0.05, 0.1) is 5.69 Å². The summed E-state index contributed by atoms with van der Waals surface area (Å²) in [6.45, 7) is 0. The molecule has 0 amide bonds. The van der Waals surface area contributed by atoms with Crippen molar-refractivity contribution in [2.24, 2.45) is 0 Å². The summed E-state index contributed by atoms with van der Waals surface area (Å²) in [6, 6.07) is 59.8. The lowest BCUT2D eigenvalue weighted by atomic mass is 9.98. The molecule has 0 heterocycles. The van der Waals surface area contributed by atoms with Crippen LogP contribution in [0.25, 0.3) is 65.7 Å². The second-order valence-corrected chi connectivity index (χ2v) is 11.3. The lowest BCUT2D eigenvalue weighted by Crippen LogP contribution is -2.10. The van der Waals surface area contributed by atoms with Gasteiger partial charge in [-0.2, -0.15) is 0 Å². The Kier molecular flexibility index (Phi) is 5.27. The lowest BCUT2D eigenvalue weighted by molar-refractivity contribution is 1.30. The van der Waals surface area contributed by atoms with Crippen LogP contribution in [0.2, 0.25) is 0 Å². The highest BCUT2D eigenvalue weighted by molar-refractivity contribution is 6.19. The van der Waals surface area contributed by atoms with Gasteiger partial charge in [0, 0.05) is 16.8 Å². The summed E-state index contributed by atoms with van der Waals surface area (Å²) >= 11 is 0. The Morgan fingerprint density at radius 2 is 0.930 bits per heavy atom. The summed E-state index contributed by atoms with van der Waals surface area (Å²) < 4.78 is 0. The zero-order valence-electron chi connectivity index (χ0n) is 23.5. The van der Waals surface area contributed by atoms with E-state index in [1.165, 1.54) is 71.4 Å². The molecule has 0 N–H and O–H groups in total. The van der Waals surface area contributed by atoms with E-state index in [9.17, 15) is 0 Å². The molecule has 200 valence electrons. The quantitative estimate of drug-likeness (QED) is 0.199. The predicted octanol–water partition coefficient (Wildman–Crippen LogP) is 11.9. The average Bonchev–Trinajstić information content (AvgIpc) is 3.41. The molecule has 0 fully saturated rings. The number of rotatable bonds is 4. The maximum atomic E-state index is 2.43. The van der Waals surface area contributed by atoms with Gasteiger partial charge in [0.2, 0.25) is 0 Å².